The second-order valence-electron chi connectivity index (χ2n) is 4.10. The summed E-state index contributed by atoms with van der Waals surface area (Å²) >= 11 is 5.92. The highest BCUT2D eigenvalue weighted by Gasteiger charge is 2.05. The molecule has 5 nitrogen and oxygen atoms in total. The number of fused-ring (bicyclic) bond motifs is 1. The lowest BCUT2D eigenvalue weighted by atomic mass is 10.2. The van der Waals surface area contributed by atoms with Crippen molar-refractivity contribution in [2.45, 2.75) is 6.92 Å². The van der Waals surface area contributed by atoms with Crippen LogP contribution in [0.25, 0.3) is 10.9 Å². The molecule has 0 aliphatic heterocycles. The predicted molar refractivity (Wildman–Crippen MR) is 75.8 cm³/mol. The molecule has 96 valence electrons. The summed E-state index contributed by atoms with van der Waals surface area (Å²) in [4.78, 5) is 8.51. The Labute approximate surface area is 119 Å². The van der Waals surface area contributed by atoms with E-state index in [0.29, 0.717) is 28.0 Å². The molecule has 0 bridgehead atoms. The minimum absolute atomic E-state index is 0.292. The first-order valence-corrected chi connectivity index (χ1v) is 5.97. The van der Waals surface area contributed by atoms with Crippen molar-refractivity contribution in [3.8, 4) is 0 Å². The van der Waals surface area contributed by atoms with Gasteiger partial charge in [0.2, 0.25) is 5.95 Å². The van der Waals surface area contributed by atoms with Crippen LogP contribution in [0.1, 0.15) is 9.81 Å². The van der Waals surface area contributed by atoms with Crippen LogP contribution in [0.4, 0.5) is 11.8 Å². The molecule has 3 aromatic rings. The van der Waals surface area contributed by atoms with Crippen molar-refractivity contribution in [1.29, 1.82) is 0 Å². The van der Waals surface area contributed by atoms with Crippen molar-refractivity contribution in [2.75, 3.05) is 5.32 Å². The van der Waals surface area contributed by atoms with E-state index in [9.17, 15) is 0 Å². The molecular weight excluding hydrogens is 262 g/mol. The Kier molecular flexibility index (Phi) is 2.11. The molecule has 19 heavy (non-hydrogen) atoms. The van der Waals surface area contributed by atoms with Crippen LogP contribution in [0.3, 0.4) is 0 Å². The predicted octanol–water partition coefficient (Wildman–Crippen LogP) is 3.07. The molecule has 2 aromatic heterocycles. The maximum absolute atomic E-state index is 7.49. The first-order chi connectivity index (χ1) is 10.3. The number of rotatable bonds is 2. The number of aryl methyl sites for hydroxylation is 2. The third kappa shape index (κ3) is 2.37. The van der Waals surface area contributed by atoms with Gasteiger partial charge in [-0.2, -0.15) is 5.10 Å². The first kappa shape index (κ1) is 8.87. The third-order valence-corrected chi connectivity index (χ3v) is 2.85. The van der Waals surface area contributed by atoms with Crippen LogP contribution in [-0.4, -0.2) is 19.7 Å². The molecule has 2 heterocycles. The molecule has 0 saturated heterocycles. The molecular formula is C13H12ClN5. The second-order valence-corrected chi connectivity index (χ2v) is 4.54. The molecule has 1 aromatic carbocycles. The van der Waals surface area contributed by atoms with Crippen LogP contribution in [0.2, 0.25) is 5.02 Å². The number of hydrogen-bond acceptors (Lipinski definition) is 4. The highest BCUT2D eigenvalue weighted by Crippen LogP contribution is 2.19. The Morgan fingerprint density at radius 3 is 3.11 bits per heavy atom. The number of nitrogens with zero attached hydrogens (tertiary/aromatic N) is 4. The Bertz CT molecular complexity index is 843. The van der Waals surface area contributed by atoms with E-state index in [4.69, 9.17) is 15.7 Å². The van der Waals surface area contributed by atoms with E-state index in [1.165, 1.54) is 0 Å². The zero-order valence-corrected chi connectivity index (χ0v) is 10.8. The third-order valence-electron chi connectivity index (χ3n) is 2.61. The summed E-state index contributed by atoms with van der Waals surface area (Å²) in [5.41, 5.74) is 1.30. The number of halogens is 1. The lowest BCUT2D eigenvalue weighted by Crippen LogP contribution is -2.02. The van der Waals surface area contributed by atoms with Gasteiger partial charge in [0.25, 0.3) is 0 Å². The van der Waals surface area contributed by atoms with E-state index in [2.05, 4.69) is 20.4 Å². The van der Waals surface area contributed by atoms with E-state index in [1.54, 1.807) is 37.4 Å². The van der Waals surface area contributed by atoms with Crippen molar-refractivity contribution < 1.29 is 4.11 Å². The van der Waals surface area contributed by atoms with E-state index in [-0.39, 0.29) is 0 Å². The van der Waals surface area contributed by atoms with Crippen molar-refractivity contribution >= 4 is 34.3 Å². The normalized spacial score (nSPS) is 13.9. The maximum Gasteiger partial charge on any atom is 0.228 e. The quantitative estimate of drug-likeness (QED) is 0.781. The molecule has 0 aliphatic carbocycles. The van der Waals surface area contributed by atoms with Crippen LogP contribution in [0, 0.1) is 6.92 Å². The Morgan fingerprint density at radius 1 is 1.37 bits per heavy atom. The van der Waals surface area contributed by atoms with E-state index in [1.807, 2.05) is 0 Å². The SMILES string of the molecule is [2H]C([2H])([2H])n1nc(C)cc1Nc1ncc2cc(Cl)ccc2n1. The standard InChI is InChI=1S/C13H12ClN5/c1-8-5-12(19(2)18-8)17-13-15-7-9-6-10(14)3-4-11(9)16-13/h3-7H,1-2H3,(H,15,16,17)/i2D3. The molecule has 3 rings (SSSR count). The zero-order chi connectivity index (χ0) is 15.9. The second kappa shape index (κ2) is 4.51. The van der Waals surface area contributed by atoms with Gasteiger partial charge in [-0.1, -0.05) is 11.6 Å². The largest absolute Gasteiger partial charge is 0.309 e. The van der Waals surface area contributed by atoms with Crippen LogP contribution < -0.4 is 5.32 Å². The summed E-state index contributed by atoms with van der Waals surface area (Å²) in [5.74, 6) is 0.603. The first-order valence-electron chi connectivity index (χ1n) is 7.09. The molecule has 0 saturated carbocycles. The summed E-state index contributed by atoms with van der Waals surface area (Å²) in [6.07, 6.45) is 1.62. The Morgan fingerprint density at radius 2 is 2.26 bits per heavy atom. The lowest BCUT2D eigenvalue weighted by Gasteiger charge is -2.05. The highest BCUT2D eigenvalue weighted by atomic mass is 35.5. The van der Waals surface area contributed by atoms with E-state index < -0.39 is 6.98 Å². The molecule has 0 radical (unpaired) electrons. The van der Waals surface area contributed by atoms with Crippen LogP contribution in [0.15, 0.2) is 30.5 Å². The molecule has 6 heteroatoms. The molecule has 0 amide bonds. The summed E-state index contributed by atoms with van der Waals surface area (Å²) < 4.78 is 23.4. The fourth-order valence-corrected chi connectivity index (χ4v) is 1.95. The monoisotopic (exact) mass is 276 g/mol. The van der Waals surface area contributed by atoms with Gasteiger partial charge in [-0.3, -0.25) is 4.68 Å². The summed E-state index contributed by atoms with van der Waals surface area (Å²) in [5, 5.41) is 8.27. The minimum Gasteiger partial charge on any atom is -0.309 e. The summed E-state index contributed by atoms with van der Waals surface area (Å²) in [7, 11) is 0. The van der Waals surface area contributed by atoms with Gasteiger partial charge in [-0.25, -0.2) is 9.97 Å². The molecule has 0 aliphatic rings. The van der Waals surface area contributed by atoms with Gasteiger partial charge in [-0.15, -0.1) is 0 Å². The number of nitrogens with one attached hydrogen (secondary N) is 1. The van der Waals surface area contributed by atoms with E-state index in [0.717, 1.165) is 10.1 Å². The van der Waals surface area contributed by atoms with Crippen molar-refractivity contribution in [3.63, 3.8) is 0 Å². The number of anilines is 2. The summed E-state index contributed by atoms with van der Waals surface area (Å²) in [6.45, 7) is -0.655. The van der Waals surface area contributed by atoms with Crippen molar-refractivity contribution in [1.82, 2.24) is 19.7 Å². The average Bonchev–Trinajstić information content (AvgIpc) is 2.80. The van der Waals surface area contributed by atoms with Gasteiger partial charge < -0.3 is 5.32 Å². The lowest BCUT2D eigenvalue weighted by molar-refractivity contribution is 0.763. The number of benzene rings is 1. The molecule has 0 atom stereocenters. The topological polar surface area (TPSA) is 55.6 Å². The van der Waals surface area contributed by atoms with Gasteiger partial charge in [0.15, 0.2) is 0 Å². The highest BCUT2D eigenvalue weighted by molar-refractivity contribution is 6.31. The van der Waals surface area contributed by atoms with Gasteiger partial charge >= 0.3 is 0 Å². The smallest absolute Gasteiger partial charge is 0.228 e. The van der Waals surface area contributed by atoms with Gasteiger partial charge in [-0.05, 0) is 25.1 Å². The van der Waals surface area contributed by atoms with Crippen molar-refractivity contribution in [2.24, 2.45) is 6.98 Å². The van der Waals surface area contributed by atoms with Crippen molar-refractivity contribution in [3.05, 3.63) is 41.2 Å². The van der Waals surface area contributed by atoms with Gasteiger partial charge in [0, 0.05) is 33.8 Å². The fraction of sp³-hybridized carbons (Fsp3) is 0.154. The summed E-state index contributed by atoms with van der Waals surface area (Å²) in [6, 6.07) is 6.90. The Balaban J connectivity index is 1.98. The molecule has 1 N–H and O–H groups in total. The minimum atomic E-state index is -2.37. The van der Waals surface area contributed by atoms with Crippen LogP contribution in [0.5, 0.6) is 0 Å². The molecule has 0 spiro atoms. The number of aromatic nitrogens is 4. The van der Waals surface area contributed by atoms with Gasteiger partial charge in [0.1, 0.15) is 5.82 Å². The molecule has 0 fully saturated rings. The van der Waals surface area contributed by atoms with E-state index >= 15 is 0 Å². The number of hydrogen-bond donors (Lipinski definition) is 1. The van der Waals surface area contributed by atoms with Crippen LogP contribution in [-0.2, 0) is 6.98 Å². The van der Waals surface area contributed by atoms with Crippen LogP contribution >= 0.6 is 11.6 Å². The Hall–Kier alpha value is -2.14. The van der Waals surface area contributed by atoms with Gasteiger partial charge in [0.05, 0.1) is 11.2 Å². The molecule has 0 unspecified atom stereocenters. The average molecular weight is 277 g/mol. The maximum atomic E-state index is 7.49. The zero-order valence-electron chi connectivity index (χ0n) is 13.1. The fourth-order valence-electron chi connectivity index (χ4n) is 1.77.